The first-order valence-electron chi connectivity index (χ1n) is 14.0. The smallest absolute Gasteiger partial charge is 0.337 e. The highest BCUT2D eigenvalue weighted by Gasteiger charge is 2.67. The molecule has 0 aromatic heterocycles. The van der Waals surface area contributed by atoms with Crippen LogP contribution in [0.3, 0.4) is 0 Å². The number of amides is 2. The lowest BCUT2D eigenvalue weighted by Gasteiger charge is -2.36. The number of carbonyl (C=O) groups is 3. The van der Waals surface area contributed by atoms with Crippen molar-refractivity contribution in [3.8, 4) is 5.75 Å². The molecule has 2 amide bonds. The van der Waals surface area contributed by atoms with Crippen LogP contribution in [0.25, 0.3) is 0 Å². The summed E-state index contributed by atoms with van der Waals surface area (Å²) in [6.45, 7) is -0.590. The largest absolute Gasteiger partial charge is 0.495 e. The summed E-state index contributed by atoms with van der Waals surface area (Å²) in [5.41, 5.74) is -0.707. The van der Waals surface area contributed by atoms with E-state index in [0.717, 1.165) is 0 Å². The second-order valence-corrected chi connectivity index (χ2v) is 12.4. The molecule has 4 unspecified atom stereocenters. The number of anilines is 2. The Labute approximate surface area is 262 Å². The molecule has 0 bridgehead atoms. The van der Waals surface area contributed by atoms with E-state index in [1.807, 2.05) is 0 Å². The van der Waals surface area contributed by atoms with E-state index in [4.69, 9.17) is 32.7 Å². The molecule has 2 aliphatic heterocycles. The van der Waals surface area contributed by atoms with Crippen LogP contribution in [0, 0.1) is 11.2 Å². The number of ether oxygens (including phenoxy) is 2. The van der Waals surface area contributed by atoms with E-state index >= 15 is 4.39 Å². The second-order valence-electron chi connectivity index (χ2n) is 11.6. The van der Waals surface area contributed by atoms with E-state index in [-0.39, 0.29) is 34.0 Å². The lowest BCUT2D eigenvalue weighted by Crippen LogP contribution is -2.49. The Kier molecular flexibility index (Phi) is 7.80. The van der Waals surface area contributed by atoms with Gasteiger partial charge in [-0.2, -0.15) is 0 Å². The minimum atomic E-state index is -1.52. The van der Waals surface area contributed by atoms with Gasteiger partial charge in [0.15, 0.2) is 0 Å². The van der Waals surface area contributed by atoms with Gasteiger partial charge in [0.25, 0.3) is 0 Å². The van der Waals surface area contributed by atoms with E-state index in [9.17, 15) is 18.8 Å². The summed E-state index contributed by atoms with van der Waals surface area (Å²) in [4.78, 5) is 40.6. The number of hydrogen-bond acceptors (Lipinski definition) is 6. The minimum Gasteiger partial charge on any atom is -0.495 e. The Morgan fingerprint density at radius 2 is 1.86 bits per heavy atom. The third-order valence-corrected chi connectivity index (χ3v) is 9.69. The van der Waals surface area contributed by atoms with Gasteiger partial charge in [-0.3, -0.25) is 14.0 Å². The molecule has 6 rings (SSSR count). The van der Waals surface area contributed by atoms with Gasteiger partial charge in [-0.1, -0.05) is 41.4 Å². The van der Waals surface area contributed by atoms with Crippen molar-refractivity contribution in [3.63, 3.8) is 0 Å². The molecular formula is C32H29Cl2F2N3O5. The molecule has 1 spiro atoms. The van der Waals surface area contributed by atoms with Gasteiger partial charge in [-0.25, -0.2) is 9.18 Å². The number of methoxy groups -OCH3 is 2. The lowest BCUT2D eigenvalue weighted by atomic mass is 9.63. The van der Waals surface area contributed by atoms with Gasteiger partial charge < -0.3 is 25.4 Å². The van der Waals surface area contributed by atoms with Crippen molar-refractivity contribution in [2.45, 2.75) is 42.7 Å². The molecule has 4 atom stereocenters. The van der Waals surface area contributed by atoms with E-state index in [1.165, 1.54) is 44.6 Å². The Hall–Kier alpha value is -3.73. The average molecular weight is 645 g/mol. The van der Waals surface area contributed by atoms with Gasteiger partial charge in [0.05, 0.1) is 43.2 Å². The zero-order chi connectivity index (χ0) is 31.4. The molecule has 0 radical (unpaired) electrons. The minimum absolute atomic E-state index is 0.0590. The zero-order valence-corrected chi connectivity index (χ0v) is 25.3. The number of halogens is 4. The number of rotatable bonds is 8. The van der Waals surface area contributed by atoms with Crippen LogP contribution in [-0.2, 0) is 19.7 Å². The summed E-state index contributed by atoms with van der Waals surface area (Å²) < 4.78 is 40.5. The van der Waals surface area contributed by atoms with Gasteiger partial charge in [0.2, 0.25) is 11.8 Å². The standard InChI is InChI=1S/C32H29Cl2F2N3O5/c1-43-23-12-16(29(41)44-2)6-9-21(23)37-28(40)27-25(18-4-3-5-20(34)26(18)36)32(24(39-27)14-31(15-35)10-11-31)19-8-7-17(33)13-22(19)38-30(32)42/h3-9,12-13,24-25,27,39H,10-11,14-15H2,1-2H3,(H,37,40)(H,38,42). The molecule has 8 nitrogen and oxygen atoms in total. The van der Waals surface area contributed by atoms with Crippen LogP contribution < -0.4 is 20.7 Å². The molecule has 3 aromatic carbocycles. The summed E-state index contributed by atoms with van der Waals surface area (Å²) in [6.07, 6.45) is 1.49. The summed E-state index contributed by atoms with van der Waals surface area (Å²) in [6, 6.07) is 11.8. The fourth-order valence-corrected chi connectivity index (χ4v) is 7.15. The van der Waals surface area contributed by atoms with Gasteiger partial charge in [-0.05, 0) is 66.8 Å². The second kappa shape index (κ2) is 11.3. The van der Waals surface area contributed by atoms with E-state index < -0.39 is 59.1 Å². The number of nitrogens with one attached hydrogen (secondary N) is 3. The lowest BCUT2D eigenvalue weighted by molar-refractivity contribution is -0.122. The highest BCUT2D eigenvalue weighted by atomic mass is 35.5. The zero-order valence-electron chi connectivity index (χ0n) is 23.8. The van der Waals surface area contributed by atoms with Crippen molar-refractivity contribution in [2.75, 3.05) is 31.5 Å². The topological polar surface area (TPSA) is 106 Å². The van der Waals surface area contributed by atoms with Crippen LogP contribution >= 0.6 is 23.2 Å². The van der Waals surface area contributed by atoms with Crippen LogP contribution in [-0.4, -0.2) is 50.8 Å². The maximum absolute atomic E-state index is 16.0. The van der Waals surface area contributed by atoms with Crippen LogP contribution in [0.1, 0.15) is 46.7 Å². The van der Waals surface area contributed by atoms with E-state index in [0.29, 0.717) is 29.1 Å². The fourth-order valence-electron chi connectivity index (χ4n) is 6.79. The highest BCUT2D eigenvalue weighted by Crippen LogP contribution is 2.60. The molecule has 230 valence electrons. The number of benzene rings is 3. The molecule has 3 N–H and O–H groups in total. The summed E-state index contributed by atoms with van der Waals surface area (Å²) in [5, 5.41) is 9.28. The van der Waals surface area contributed by atoms with Crippen LogP contribution in [0.4, 0.5) is 20.2 Å². The molecular weight excluding hydrogens is 615 g/mol. The number of alkyl halides is 1. The summed E-state index contributed by atoms with van der Waals surface area (Å²) >= 11 is 12.5. The molecule has 44 heavy (non-hydrogen) atoms. The van der Waals surface area contributed by atoms with E-state index in [2.05, 4.69) is 16.0 Å². The first-order valence-corrected chi connectivity index (χ1v) is 14.8. The van der Waals surface area contributed by atoms with Crippen LogP contribution in [0.5, 0.6) is 5.75 Å². The third-order valence-electron chi connectivity index (χ3n) is 9.16. The maximum atomic E-state index is 16.0. The van der Waals surface area contributed by atoms with Gasteiger partial charge >= 0.3 is 5.97 Å². The van der Waals surface area contributed by atoms with Crippen LogP contribution in [0.2, 0.25) is 10.0 Å². The molecule has 2 fully saturated rings. The van der Waals surface area contributed by atoms with Gasteiger partial charge in [0.1, 0.15) is 17.0 Å². The predicted octanol–water partition coefficient (Wildman–Crippen LogP) is 6.02. The predicted molar refractivity (Wildman–Crippen MR) is 162 cm³/mol. The van der Waals surface area contributed by atoms with Crippen molar-refractivity contribution in [1.29, 1.82) is 0 Å². The summed E-state index contributed by atoms with van der Waals surface area (Å²) in [7, 11) is 2.63. The maximum Gasteiger partial charge on any atom is 0.337 e. The fraction of sp³-hybridized carbons (Fsp3) is 0.344. The third kappa shape index (κ3) is 4.80. The SMILES string of the molecule is COC(=O)c1ccc(NC(=O)C2NC(CC3(CF)CC3)C3(C(=O)Nc4cc(Cl)ccc43)C2c2cccc(Cl)c2F)c(OC)c1. The van der Waals surface area contributed by atoms with Gasteiger partial charge in [0, 0.05) is 28.1 Å². The van der Waals surface area contributed by atoms with Crippen molar-refractivity contribution in [3.05, 3.63) is 87.2 Å². The number of carbonyl (C=O) groups excluding carboxylic acids is 3. The van der Waals surface area contributed by atoms with E-state index in [1.54, 1.807) is 24.3 Å². The Balaban J connectivity index is 1.50. The molecule has 1 saturated carbocycles. The monoisotopic (exact) mass is 643 g/mol. The number of fused-ring (bicyclic) bond motifs is 2. The number of hydrogen-bond donors (Lipinski definition) is 3. The van der Waals surface area contributed by atoms with Crippen molar-refractivity contribution < 1.29 is 32.6 Å². The van der Waals surface area contributed by atoms with Crippen molar-refractivity contribution >= 4 is 52.4 Å². The highest BCUT2D eigenvalue weighted by molar-refractivity contribution is 6.31. The molecule has 2 heterocycles. The first-order chi connectivity index (χ1) is 21.1. The molecule has 3 aliphatic rings. The quantitative estimate of drug-likeness (QED) is 0.259. The van der Waals surface area contributed by atoms with Gasteiger partial charge in [-0.15, -0.1) is 0 Å². The Morgan fingerprint density at radius 3 is 2.55 bits per heavy atom. The molecule has 1 saturated heterocycles. The first kappa shape index (κ1) is 30.3. The van der Waals surface area contributed by atoms with Crippen molar-refractivity contribution in [1.82, 2.24) is 5.32 Å². The molecule has 3 aromatic rings. The molecule has 12 heteroatoms. The Morgan fingerprint density at radius 1 is 1.09 bits per heavy atom. The Bertz CT molecular complexity index is 1680. The normalized spacial score (nSPS) is 24.5. The summed E-state index contributed by atoms with van der Waals surface area (Å²) in [5.74, 6) is -3.33. The average Bonchev–Trinajstić information content (AvgIpc) is 3.63. The molecule has 1 aliphatic carbocycles. The van der Waals surface area contributed by atoms with Crippen LogP contribution in [0.15, 0.2) is 54.6 Å². The van der Waals surface area contributed by atoms with Crippen molar-refractivity contribution in [2.24, 2.45) is 5.41 Å². The number of esters is 1.